The highest BCUT2D eigenvalue weighted by Crippen LogP contribution is 2.31. The summed E-state index contributed by atoms with van der Waals surface area (Å²) in [7, 11) is 2.06. The number of likely N-dealkylation sites (N-methyl/N-ethyl adjacent to an activating group) is 1. The molecule has 0 saturated heterocycles. The molecule has 0 spiro atoms. The number of amides is 1. The molecule has 38 heavy (non-hydrogen) atoms. The van der Waals surface area contributed by atoms with E-state index in [1.807, 2.05) is 41.1 Å². The van der Waals surface area contributed by atoms with Crippen LogP contribution >= 0.6 is 11.3 Å². The Kier molecular flexibility index (Phi) is 6.24. The number of rotatable bonds is 6. The number of aromatic nitrogens is 4. The fraction of sp³-hybridized carbons (Fsp3) is 0.185. The number of hydrogen-bond donors (Lipinski definition) is 4. The number of carbonyl (C=O) groups excluding carboxylic acids is 1. The van der Waals surface area contributed by atoms with Crippen LogP contribution in [0.1, 0.15) is 20.9 Å². The third-order valence-electron chi connectivity index (χ3n) is 6.56. The van der Waals surface area contributed by atoms with Gasteiger partial charge in [-0.15, -0.1) is 11.3 Å². The zero-order valence-corrected chi connectivity index (χ0v) is 21.4. The van der Waals surface area contributed by atoms with Gasteiger partial charge in [0.2, 0.25) is 0 Å². The first-order valence-electron chi connectivity index (χ1n) is 12.1. The number of aliphatic hydroxyl groups excluding tert-OH is 1. The Labute approximate surface area is 221 Å². The van der Waals surface area contributed by atoms with E-state index in [9.17, 15) is 14.7 Å². The summed E-state index contributed by atoms with van der Waals surface area (Å²) < 4.78 is 2.96. The molecule has 1 aliphatic heterocycles. The van der Waals surface area contributed by atoms with Crippen molar-refractivity contribution < 1.29 is 9.90 Å². The Morgan fingerprint density at radius 1 is 1.11 bits per heavy atom. The molecule has 11 heteroatoms. The summed E-state index contributed by atoms with van der Waals surface area (Å²) in [6, 6.07) is 18.5. The number of thiophene rings is 1. The SMILES string of the molecule is CN1CCn2nc(Nc3cc(-c4cccc(NC(=O)c5cc6ccccc6s5)c4CO)n[nH]c3=O)cc2C1. The zero-order valence-electron chi connectivity index (χ0n) is 20.6. The van der Waals surface area contributed by atoms with Gasteiger partial charge >= 0.3 is 0 Å². The minimum absolute atomic E-state index is 0.260. The third-order valence-corrected chi connectivity index (χ3v) is 7.68. The molecule has 6 rings (SSSR count). The predicted molar refractivity (Wildman–Crippen MR) is 148 cm³/mol. The standard InChI is InChI=1S/C27H25N7O3S/c1-33-9-10-34-17(14-33)12-25(32-34)28-22-13-21(30-31-26(22)36)18-6-4-7-20(19(18)15-35)29-27(37)24-11-16-5-2-3-8-23(16)38-24/h2-8,11-13,35H,9-10,14-15H2,1H3,(H,29,37)(H,31,36)(H,28,30,32). The summed E-state index contributed by atoms with van der Waals surface area (Å²) in [6.07, 6.45) is 0. The fourth-order valence-corrected chi connectivity index (χ4v) is 5.58. The maximum absolute atomic E-state index is 13.0. The van der Waals surface area contributed by atoms with Crippen LogP contribution in [0.5, 0.6) is 0 Å². The Morgan fingerprint density at radius 3 is 2.82 bits per heavy atom. The number of nitrogens with zero attached hydrogens (tertiary/aromatic N) is 4. The van der Waals surface area contributed by atoms with Crippen molar-refractivity contribution in [2.45, 2.75) is 19.7 Å². The second-order valence-corrected chi connectivity index (χ2v) is 10.3. The van der Waals surface area contributed by atoms with E-state index in [1.54, 1.807) is 24.3 Å². The number of hydrogen-bond acceptors (Lipinski definition) is 8. The molecule has 5 aromatic rings. The first-order valence-corrected chi connectivity index (χ1v) is 13.0. The fourth-order valence-electron chi connectivity index (χ4n) is 4.62. The molecule has 1 aliphatic rings. The van der Waals surface area contributed by atoms with E-state index in [-0.39, 0.29) is 18.2 Å². The molecule has 0 fully saturated rings. The van der Waals surface area contributed by atoms with Crippen LogP contribution in [0.25, 0.3) is 21.3 Å². The molecular weight excluding hydrogens is 502 g/mol. The lowest BCUT2D eigenvalue weighted by atomic mass is 10.0. The van der Waals surface area contributed by atoms with Crippen LogP contribution < -0.4 is 16.2 Å². The summed E-state index contributed by atoms with van der Waals surface area (Å²) in [4.78, 5) is 28.4. The van der Waals surface area contributed by atoms with Gasteiger partial charge in [0.05, 0.1) is 29.4 Å². The summed E-state index contributed by atoms with van der Waals surface area (Å²) in [6.45, 7) is 2.15. The number of aromatic amines is 1. The molecule has 0 aliphatic carbocycles. The monoisotopic (exact) mass is 527 g/mol. The number of anilines is 3. The molecule has 3 aromatic heterocycles. The average molecular weight is 528 g/mol. The second-order valence-electron chi connectivity index (χ2n) is 9.20. The highest BCUT2D eigenvalue weighted by atomic mass is 32.1. The number of carbonyl (C=O) groups is 1. The molecule has 0 atom stereocenters. The van der Waals surface area contributed by atoms with Crippen LogP contribution in [-0.2, 0) is 19.7 Å². The second kappa shape index (κ2) is 9.86. The average Bonchev–Trinajstić information content (AvgIpc) is 3.53. The van der Waals surface area contributed by atoms with Crippen LogP contribution in [-0.4, -0.2) is 49.5 Å². The maximum Gasteiger partial charge on any atom is 0.287 e. The molecule has 1 amide bonds. The predicted octanol–water partition coefficient (Wildman–Crippen LogP) is 3.78. The van der Waals surface area contributed by atoms with Gasteiger partial charge in [-0.3, -0.25) is 19.2 Å². The lowest BCUT2D eigenvalue weighted by Crippen LogP contribution is -2.30. The minimum Gasteiger partial charge on any atom is -0.392 e. The highest BCUT2D eigenvalue weighted by Gasteiger charge is 2.19. The van der Waals surface area contributed by atoms with Gasteiger partial charge in [-0.05, 0) is 36.7 Å². The molecule has 10 nitrogen and oxygen atoms in total. The van der Waals surface area contributed by atoms with Crippen LogP contribution in [0.4, 0.5) is 17.2 Å². The van der Waals surface area contributed by atoms with Crippen molar-refractivity contribution >= 4 is 44.5 Å². The van der Waals surface area contributed by atoms with Crippen LogP contribution in [0.3, 0.4) is 0 Å². The molecule has 0 bridgehead atoms. The van der Waals surface area contributed by atoms with E-state index in [1.165, 1.54) is 11.3 Å². The minimum atomic E-state index is -0.392. The van der Waals surface area contributed by atoms with Crippen molar-refractivity contribution in [1.82, 2.24) is 24.9 Å². The van der Waals surface area contributed by atoms with E-state index in [4.69, 9.17) is 0 Å². The molecule has 2 aromatic carbocycles. The Morgan fingerprint density at radius 2 is 1.97 bits per heavy atom. The lowest BCUT2D eigenvalue weighted by molar-refractivity contribution is 0.103. The zero-order chi connectivity index (χ0) is 26.2. The highest BCUT2D eigenvalue weighted by molar-refractivity contribution is 7.20. The van der Waals surface area contributed by atoms with Crippen molar-refractivity contribution in [1.29, 1.82) is 0 Å². The molecule has 0 saturated carbocycles. The van der Waals surface area contributed by atoms with Gasteiger partial charge in [0, 0.05) is 40.7 Å². The Bertz CT molecular complexity index is 1690. The molecule has 0 unspecified atom stereocenters. The van der Waals surface area contributed by atoms with E-state index in [2.05, 4.69) is 37.9 Å². The van der Waals surface area contributed by atoms with Gasteiger partial charge in [0.25, 0.3) is 11.5 Å². The normalized spacial score (nSPS) is 13.4. The van der Waals surface area contributed by atoms with Crippen LogP contribution in [0.15, 0.2) is 65.5 Å². The van der Waals surface area contributed by atoms with Crippen molar-refractivity contribution in [2.24, 2.45) is 0 Å². The molecule has 4 heterocycles. The van der Waals surface area contributed by atoms with E-state index in [0.29, 0.717) is 33.2 Å². The smallest absolute Gasteiger partial charge is 0.287 e. The summed E-state index contributed by atoms with van der Waals surface area (Å²) in [5.41, 5.74) is 2.95. The third kappa shape index (κ3) is 4.58. The summed E-state index contributed by atoms with van der Waals surface area (Å²) in [5.74, 6) is 0.314. The van der Waals surface area contributed by atoms with Gasteiger partial charge in [-0.2, -0.15) is 10.2 Å². The van der Waals surface area contributed by atoms with Crippen molar-refractivity contribution in [3.8, 4) is 11.3 Å². The van der Waals surface area contributed by atoms with Crippen LogP contribution in [0, 0.1) is 0 Å². The van der Waals surface area contributed by atoms with E-state index in [0.717, 1.165) is 35.4 Å². The van der Waals surface area contributed by atoms with Crippen molar-refractivity contribution in [3.05, 3.63) is 87.2 Å². The number of fused-ring (bicyclic) bond motifs is 2. The van der Waals surface area contributed by atoms with E-state index < -0.39 is 5.56 Å². The quantitative estimate of drug-likeness (QED) is 0.265. The molecular formula is C27H25N7O3S. The van der Waals surface area contributed by atoms with E-state index >= 15 is 0 Å². The van der Waals surface area contributed by atoms with Crippen molar-refractivity contribution in [2.75, 3.05) is 24.2 Å². The maximum atomic E-state index is 13.0. The first kappa shape index (κ1) is 24.0. The van der Waals surface area contributed by atoms with Crippen molar-refractivity contribution in [3.63, 3.8) is 0 Å². The topological polar surface area (TPSA) is 128 Å². The van der Waals surface area contributed by atoms with Gasteiger partial charge in [-0.1, -0.05) is 30.3 Å². The largest absolute Gasteiger partial charge is 0.392 e. The first-order chi connectivity index (χ1) is 18.5. The van der Waals surface area contributed by atoms with Gasteiger partial charge in [-0.25, -0.2) is 5.10 Å². The summed E-state index contributed by atoms with van der Waals surface area (Å²) >= 11 is 1.41. The number of aliphatic hydroxyl groups is 1. The molecule has 0 radical (unpaired) electrons. The Balaban J connectivity index is 1.29. The number of nitrogens with one attached hydrogen (secondary N) is 3. The number of benzene rings is 2. The van der Waals surface area contributed by atoms with Gasteiger partial charge < -0.3 is 15.7 Å². The Hall–Kier alpha value is -4.32. The molecule has 4 N–H and O–H groups in total. The number of H-pyrrole nitrogens is 1. The van der Waals surface area contributed by atoms with Crippen LogP contribution in [0.2, 0.25) is 0 Å². The molecule has 192 valence electrons. The van der Waals surface area contributed by atoms with Gasteiger partial charge in [0.15, 0.2) is 5.82 Å². The lowest BCUT2D eigenvalue weighted by Gasteiger charge is -2.22. The van der Waals surface area contributed by atoms with Gasteiger partial charge in [0.1, 0.15) is 5.69 Å². The summed E-state index contributed by atoms with van der Waals surface area (Å²) in [5, 5.41) is 28.6.